The first-order chi connectivity index (χ1) is 8.58. The molecule has 2 unspecified atom stereocenters. The van der Waals surface area contributed by atoms with Gasteiger partial charge in [0, 0.05) is 24.8 Å². The number of nitrogens with two attached hydrogens (primary N) is 1. The quantitative estimate of drug-likeness (QED) is 0.884. The lowest BCUT2D eigenvalue weighted by Crippen LogP contribution is -2.38. The maximum absolute atomic E-state index is 6.16. The molecule has 1 aliphatic rings. The van der Waals surface area contributed by atoms with Crippen LogP contribution in [-0.4, -0.2) is 19.1 Å². The van der Waals surface area contributed by atoms with Gasteiger partial charge in [0.25, 0.3) is 0 Å². The van der Waals surface area contributed by atoms with Crippen molar-refractivity contribution in [1.82, 2.24) is 0 Å². The molecule has 2 rings (SSSR count). The van der Waals surface area contributed by atoms with Crippen molar-refractivity contribution in [2.24, 2.45) is 17.6 Å². The zero-order chi connectivity index (χ0) is 13.1. The predicted molar refractivity (Wildman–Crippen MR) is 79.0 cm³/mol. The van der Waals surface area contributed by atoms with Gasteiger partial charge in [-0.25, -0.2) is 0 Å². The number of para-hydroxylation sites is 1. The molecular weight excluding hydrogens is 220 g/mol. The Labute approximate surface area is 111 Å². The van der Waals surface area contributed by atoms with Gasteiger partial charge in [-0.15, -0.1) is 0 Å². The van der Waals surface area contributed by atoms with Crippen LogP contribution in [0.3, 0.4) is 0 Å². The Morgan fingerprint density at radius 2 is 2.06 bits per heavy atom. The van der Waals surface area contributed by atoms with Crippen LogP contribution >= 0.6 is 0 Å². The van der Waals surface area contributed by atoms with Crippen LogP contribution in [0.25, 0.3) is 0 Å². The molecule has 2 heteroatoms. The van der Waals surface area contributed by atoms with Gasteiger partial charge < -0.3 is 10.6 Å². The van der Waals surface area contributed by atoms with E-state index in [1.807, 2.05) is 0 Å². The van der Waals surface area contributed by atoms with Crippen molar-refractivity contribution in [2.75, 3.05) is 18.0 Å². The second-order valence-corrected chi connectivity index (χ2v) is 6.08. The zero-order valence-corrected chi connectivity index (χ0v) is 11.9. The van der Waals surface area contributed by atoms with Gasteiger partial charge in [-0.3, -0.25) is 0 Å². The Hall–Kier alpha value is -1.02. The summed E-state index contributed by atoms with van der Waals surface area (Å²) < 4.78 is 0. The van der Waals surface area contributed by atoms with Crippen LogP contribution in [0.4, 0.5) is 5.69 Å². The highest BCUT2D eigenvalue weighted by Gasteiger charge is 2.21. The van der Waals surface area contributed by atoms with Crippen LogP contribution in [0.15, 0.2) is 24.3 Å². The maximum Gasteiger partial charge on any atom is 0.0398 e. The van der Waals surface area contributed by atoms with Crippen LogP contribution in [0.1, 0.15) is 32.8 Å². The van der Waals surface area contributed by atoms with Crippen molar-refractivity contribution in [1.29, 1.82) is 0 Å². The average molecular weight is 246 g/mol. The summed E-state index contributed by atoms with van der Waals surface area (Å²) in [7, 11) is 0. The lowest BCUT2D eigenvalue weighted by Gasteiger charge is -2.35. The summed E-state index contributed by atoms with van der Waals surface area (Å²) in [5.74, 6) is 1.32. The summed E-state index contributed by atoms with van der Waals surface area (Å²) in [5.41, 5.74) is 9.08. The van der Waals surface area contributed by atoms with Gasteiger partial charge in [0.05, 0.1) is 0 Å². The van der Waals surface area contributed by atoms with Crippen molar-refractivity contribution >= 4 is 5.69 Å². The molecule has 0 aromatic heterocycles. The number of rotatable bonds is 4. The number of hydrogen-bond donors (Lipinski definition) is 1. The molecular formula is C16H26N2. The normalized spacial score (nSPS) is 20.9. The minimum atomic E-state index is 0.314. The Morgan fingerprint density at radius 1 is 1.33 bits per heavy atom. The highest BCUT2D eigenvalue weighted by Crippen LogP contribution is 2.29. The molecule has 0 radical (unpaired) electrons. The molecule has 18 heavy (non-hydrogen) atoms. The number of anilines is 1. The van der Waals surface area contributed by atoms with E-state index in [1.165, 1.54) is 24.2 Å². The summed E-state index contributed by atoms with van der Waals surface area (Å²) in [6.07, 6.45) is 2.29. The Morgan fingerprint density at radius 3 is 2.78 bits per heavy atom. The third-order valence-corrected chi connectivity index (χ3v) is 4.02. The van der Waals surface area contributed by atoms with Gasteiger partial charge >= 0.3 is 0 Å². The fraction of sp³-hybridized carbons (Fsp3) is 0.625. The van der Waals surface area contributed by atoms with E-state index in [9.17, 15) is 0 Å². The molecule has 0 bridgehead atoms. The topological polar surface area (TPSA) is 29.3 Å². The zero-order valence-electron chi connectivity index (χ0n) is 11.9. The van der Waals surface area contributed by atoms with Gasteiger partial charge in [-0.2, -0.15) is 0 Å². The van der Waals surface area contributed by atoms with E-state index in [4.69, 9.17) is 5.73 Å². The van der Waals surface area contributed by atoms with Crippen LogP contribution in [0.2, 0.25) is 0 Å². The van der Waals surface area contributed by atoms with Gasteiger partial charge in [0.1, 0.15) is 0 Å². The molecule has 1 aliphatic heterocycles. The first-order valence-electron chi connectivity index (χ1n) is 7.16. The fourth-order valence-electron chi connectivity index (χ4n) is 2.76. The molecule has 1 aromatic carbocycles. The van der Waals surface area contributed by atoms with Gasteiger partial charge in [-0.1, -0.05) is 39.0 Å². The molecule has 0 aliphatic carbocycles. The second kappa shape index (κ2) is 5.75. The Kier molecular flexibility index (Phi) is 4.28. The first kappa shape index (κ1) is 13.4. The van der Waals surface area contributed by atoms with Crippen molar-refractivity contribution in [3.05, 3.63) is 29.8 Å². The highest BCUT2D eigenvalue weighted by atomic mass is 15.1. The van der Waals surface area contributed by atoms with Gasteiger partial charge in [0.15, 0.2) is 0 Å². The third kappa shape index (κ3) is 3.05. The predicted octanol–water partition coefficient (Wildman–Crippen LogP) is 3.06. The minimum absolute atomic E-state index is 0.314. The Balaban J connectivity index is 2.05. The lowest BCUT2D eigenvalue weighted by molar-refractivity contribution is 0.448. The van der Waals surface area contributed by atoms with Crippen molar-refractivity contribution in [3.8, 4) is 0 Å². The molecule has 2 N–H and O–H groups in total. The SMILES string of the molecule is CC1Cc2ccccc2N(CCC(N)C(C)C)C1. The number of nitrogens with zero attached hydrogens (tertiary/aromatic N) is 1. The molecule has 100 valence electrons. The smallest absolute Gasteiger partial charge is 0.0398 e. The molecule has 2 atom stereocenters. The summed E-state index contributed by atoms with van der Waals surface area (Å²) in [6.45, 7) is 9.00. The highest BCUT2D eigenvalue weighted by molar-refractivity contribution is 5.55. The molecule has 1 aromatic rings. The second-order valence-electron chi connectivity index (χ2n) is 6.08. The molecule has 0 saturated carbocycles. The number of hydrogen-bond acceptors (Lipinski definition) is 2. The number of fused-ring (bicyclic) bond motifs is 1. The third-order valence-electron chi connectivity index (χ3n) is 4.02. The van der Waals surface area contributed by atoms with Gasteiger partial charge in [0.2, 0.25) is 0 Å². The van der Waals surface area contributed by atoms with Crippen LogP contribution < -0.4 is 10.6 Å². The molecule has 0 saturated heterocycles. The minimum Gasteiger partial charge on any atom is -0.371 e. The first-order valence-corrected chi connectivity index (χ1v) is 7.16. The van der Waals surface area contributed by atoms with E-state index >= 15 is 0 Å². The number of benzene rings is 1. The largest absolute Gasteiger partial charge is 0.371 e. The van der Waals surface area contributed by atoms with E-state index in [1.54, 1.807) is 0 Å². The molecule has 0 fully saturated rings. The molecule has 1 heterocycles. The van der Waals surface area contributed by atoms with Crippen molar-refractivity contribution in [3.63, 3.8) is 0 Å². The van der Waals surface area contributed by atoms with Crippen LogP contribution in [-0.2, 0) is 6.42 Å². The lowest BCUT2D eigenvalue weighted by atomic mass is 9.93. The van der Waals surface area contributed by atoms with E-state index in [0.717, 1.165) is 18.9 Å². The maximum atomic E-state index is 6.16. The summed E-state index contributed by atoms with van der Waals surface area (Å²) in [5, 5.41) is 0. The van der Waals surface area contributed by atoms with E-state index in [0.29, 0.717) is 12.0 Å². The van der Waals surface area contributed by atoms with Crippen molar-refractivity contribution < 1.29 is 0 Å². The average Bonchev–Trinajstić information content (AvgIpc) is 2.35. The standard InChI is InChI=1S/C16H26N2/c1-12(2)15(17)8-9-18-11-13(3)10-14-6-4-5-7-16(14)18/h4-7,12-13,15H,8-11,17H2,1-3H3. The molecule has 0 spiro atoms. The summed E-state index contributed by atoms with van der Waals surface area (Å²) >= 11 is 0. The van der Waals surface area contributed by atoms with Crippen molar-refractivity contribution in [2.45, 2.75) is 39.7 Å². The molecule has 0 amide bonds. The fourth-order valence-corrected chi connectivity index (χ4v) is 2.76. The Bertz CT molecular complexity index is 386. The summed E-state index contributed by atoms with van der Waals surface area (Å²) in [4.78, 5) is 2.52. The van der Waals surface area contributed by atoms with Gasteiger partial charge in [-0.05, 0) is 36.3 Å². The monoisotopic (exact) mass is 246 g/mol. The van der Waals surface area contributed by atoms with E-state index in [2.05, 4.69) is 49.9 Å². The van der Waals surface area contributed by atoms with E-state index in [-0.39, 0.29) is 0 Å². The van der Waals surface area contributed by atoms with Crippen LogP contribution in [0, 0.1) is 11.8 Å². The van der Waals surface area contributed by atoms with E-state index < -0.39 is 0 Å². The molecule has 2 nitrogen and oxygen atoms in total. The summed E-state index contributed by atoms with van der Waals surface area (Å²) in [6, 6.07) is 9.12. The van der Waals surface area contributed by atoms with Crippen LogP contribution in [0.5, 0.6) is 0 Å².